The number of nitrogens with one attached hydrogen (secondary N) is 2. The molecule has 110 valence electrons. The molecule has 1 aromatic heterocycles. The van der Waals surface area contributed by atoms with Crippen LogP contribution in [0.4, 0.5) is 0 Å². The van der Waals surface area contributed by atoms with E-state index in [1.165, 1.54) is 0 Å². The standard InChI is InChI=1S/C17H21N3O/c1-18-13-6-8-14(9-7-13)20-17(21)16-15-5-3-2-4-12(15)10-11-19-16/h2-5,10-11,13-14,18H,6-9H2,1H3,(H,20,21). The monoisotopic (exact) mass is 283 g/mol. The van der Waals surface area contributed by atoms with Crippen LogP contribution in [0.5, 0.6) is 0 Å². The number of benzene rings is 1. The molecule has 0 bridgehead atoms. The summed E-state index contributed by atoms with van der Waals surface area (Å²) in [7, 11) is 2.00. The fraction of sp³-hybridized carbons (Fsp3) is 0.412. The van der Waals surface area contributed by atoms with Gasteiger partial charge >= 0.3 is 0 Å². The van der Waals surface area contributed by atoms with Crippen molar-refractivity contribution >= 4 is 16.7 Å². The van der Waals surface area contributed by atoms with Crippen molar-refractivity contribution in [2.24, 2.45) is 0 Å². The predicted molar refractivity (Wildman–Crippen MR) is 84.3 cm³/mol. The summed E-state index contributed by atoms with van der Waals surface area (Å²) in [4.78, 5) is 16.8. The molecule has 0 spiro atoms. The molecule has 1 aliphatic rings. The van der Waals surface area contributed by atoms with Gasteiger partial charge in [-0.1, -0.05) is 24.3 Å². The van der Waals surface area contributed by atoms with Crippen molar-refractivity contribution in [2.45, 2.75) is 37.8 Å². The minimum atomic E-state index is -0.0558. The average molecular weight is 283 g/mol. The summed E-state index contributed by atoms with van der Waals surface area (Å²) in [5.74, 6) is -0.0558. The second-order valence-electron chi connectivity index (χ2n) is 5.69. The number of rotatable bonds is 3. The summed E-state index contributed by atoms with van der Waals surface area (Å²) in [6.45, 7) is 0. The first kappa shape index (κ1) is 14.0. The quantitative estimate of drug-likeness (QED) is 0.910. The Bertz CT molecular complexity index is 627. The van der Waals surface area contributed by atoms with Gasteiger partial charge in [0.1, 0.15) is 5.69 Å². The van der Waals surface area contributed by atoms with Crippen LogP contribution in [0.3, 0.4) is 0 Å². The third-order valence-corrected chi connectivity index (χ3v) is 4.36. The number of carbonyl (C=O) groups is 1. The average Bonchev–Trinajstić information content (AvgIpc) is 2.55. The van der Waals surface area contributed by atoms with E-state index in [4.69, 9.17) is 0 Å². The summed E-state index contributed by atoms with van der Waals surface area (Å²) in [6.07, 6.45) is 5.99. The Morgan fingerprint density at radius 1 is 1.10 bits per heavy atom. The molecular formula is C17H21N3O. The fourth-order valence-corrected chi connectivity index (χ4v) is 3.08. The molecule has 0 saturated heterocycles. The molecule has 3 rings (SSSR count). The predicted octanol–water partition coefficient (Wildman–Crippen LogP) is 2.50. The van der Waals surface area contributed by atoms with Gasteiger partial charge in [0.15, 0.2) is 0 Å². The Kier molecular flexibility index (Phi) is 4.15. The number of hydrogen-bond acceptors (Lipinski definition) is 3. The van der Waals surface area contributed by atoms with E-state index in [9.17, 15) is 4.79 Å². The van der Waals surface area contributed by atoms with E-state index in [1.54, 1.807) is 6.20 Å². The van der Waals surface area contributed by atoms with Crippen LogP contribution in [0, 0.1) is 0 Å². The molecule has 2 N–H and O–H groups in total. The molecule has 1 aromatic carbocycles. The normalized spacial score (nSPS) is 22.1. The van der Waals surface area contributed by atoms with Crippen LogP contribution in [0.1, 0.15) is 36.2 Å². The molecule has 1 saturated carbocycles. The Morgan fingerprint density at radius 3 is 2.57 bits per heavy atom. The van der Waals surface area contributed by atoms with Crippen molar-refractivity contribution in [3.05, 3.63) is 42.2 Å². The van der Waals surface area contributed by atoms with E-state index in [0.717, 1.165) is 36.5 Å². The molecule has 1 aliphatic carbocycles. The van der Waals surface area contributed by atoms with Crippen molar-refractivity contribution in [3.63, 3.8) is 0 Å². The highest BCUT2D eigenvalue weighted by atomic mass is 16.1. The Balaban J connectivity index is 1.73. The maximum Gasteiger partial charge on any atom is 0.270 e. The summed E-state index contributed by atoms with van der Waals surface area (Å²) in [5, 5.41) is 8.42. The number of amides is 1. The van der Waals surface area contributed by atoms with Crippen molar-refractivity contribution in [1.29, 1.82) is 0 Å². The van der Waals surface area contributed by atoms with Gasteiger partial charge in [0.2, 0.25) is 0 Å². The molecular weight excluding hydrogens is 262 g/mol. The van der Waals surface area contributed by atoms with Gasteiger partial charge in [-0.05, 0) is 44.2 Å². The van der Waals surface area contributed by atoms with Gasteiger partial charge in [-0.15, -0.1) is 0 Å². The number of carbonyl (C=O) groups excluding carboxylic acids is 1. The van der Waals surface area contributed by atoms with Crippen LogP contribution in [-0.2, 0) is 0 Å². The van der Waals surface area contributed by atoms with Crippen molar-refractivity contribution in [2.75, 3.05) is 7.05 Å². The zero-order chi connectivity index (χ0) is 14.7. The van der Waals surface area contributed by atoms with Crippen molar-refractivity contribution in [3.8, 4) is 0 Å². The van der Waals surface area contributed by atoms with Crippen LogP contribution in [0.25, 0.3) is 10.8 Å². The number of fused-ring (bicyclic) bond motifs is 1. The van der Waals surface area contributed by atoms with E-state index in [2.05, 4.69) is 15.6 Å². The lowest BCUT2D eigenvalue weighted by Crippen LogP contribution is -2.41. The second-order valence-corrected chi connectivity index (χ2v) is 5.69. The molecule has 4 nitrogen and oxygen atoms in total. The molecule has 0 atom stereocenters. The highest BCUT2D eigenvalue weighted by molar-refractivity contribution is 6.05. The highest BCUT2D eigenvalue weighted by Crippen LogP contribution is 2.20. The molecule has 4 heteroatoms. The molecule has 1 amide bonds. The van der Waals surface area contributed by atoms with Gasteiger partial charge in [-0.2, -0.15) is 0 Å². The molecule has 0 radical (unpaired) electrons. The van der Waals surface area contributed by atoms with Crippen LogP contribution >= 0.6 is 0 Å². The molecule has 0 unspecified atom stereocenters. The SMILES string of the molecule is CNC1CCC(NC(=O)c2nccc3ccccc23)CC1. The fourth-order valence-electron chi connectivity index (χ4n) is 3.08. The second kappa shape index (κ2) is 6.22. The number of hydrogen-bond donors (Lipinski definition) is 2. The van der Waals surface area contributed by atoms with Gasteiger partial charge in [-0.3, -0.25) is 9.78 Å². The van der Waals surface area contributed by atoms with Crippen LogP contribution in [-0.4, -0.2) is 30.0 Å². The minimum Gasteiger partial charge on any atom is -0.348 e. The molecule has 0 aliphatic heterocycles. The maximum absolute atomic E-state index is 12.5. The summed E-state index contributed by atoms with van der Waals surface area (Å²) in [6, 6.07) is 10.7. The molecule has 1 heterocycles. The van der Waals surface area contributed by atoms with Crippen molar-refractivity contribution in [1.82, 2.24) is 15.6 Å². The van der Waals surface area contributed by atoms with Crippen molar-refractivity contribution < 1.29 is 4.79 Å². The maximum atomic E-state index is 12.5. The third kappa shape index (κ3) is 3.05. The van der Waals surface area contributed by atoms with Crippen LogP contribution in [0.2, 0.25) is 0 Å². The van der Waals surface area contributed by atoms with Gasteiger partial charge in [0.05, 0.1) is 0 Å². The van der Waals surface area contributed by atoms with Gasteiger partial charge in [0, 0.05) is 23.7 Å². The number of nitrogens with zero attached hydrogens (tertiary/aromatic N) is 1. The molecule has 2 aromatic rings. The topological polar surface area (TPSA) is 54.0 Å². The van der Waals surface area contributed by atoms with Crippen LogP contribution in [0.15, 0.2) is 36.5 Å². The Morgan fingerprint density at radius 2 is 1.81 bits per heavy atom. The number of aromatic nitrogens is 1. The highest BCUT2D eigenvalue weighted by Gasteiger charge is 2.22. The third-order valence-electron chi connectivity index (χ3n) is 4.36. The van der Waals surface area contributed by atoms with Gasteiger partial charge in [-0.25, -0.2) is 0 Å². The van der Waals surface area contributed by atoms with Gasteiger partial charge in [0.25, 0.3) is 5.91 Å². The number of pyridine rings is 1. The smallest absolute Gasteiger partial charge is 0.270 e. The lowest BCUT2D eigenvalue weighted by atomic mass is 9.91. The van der Waals surface area contributed by atoms with E-state index < -0.39 is 0 Å². The first-order chi connectivity index (χ1) is 10.3. The summed E-state index contributed by atoms with van der Waals surface area (Å²) < 4.78 is 0. The summed E-state index contributed by atoms with van der Waals surface area (Å²) in [5.41, 5.74) is 0.531. The van der Waals surface area contributed by atoms with Gasteiger partial charge < -0.3 is 10.6 Å². The molecule has 21 heavy (non-hydrogen) atoms. The van der Waals surface area contributed by atoms with E-state index >= 15 is 0 Å². The zero-order valence-electron chi connectivity index (χ0n) is 12.3. The van der Waals surface area contributed by atoms with E-state index in [-0.39, 0.29) is 11.9 Å². The summed E-state index contributed by atoms with van der Waals surface area (Å²) >= 11 is 0. The lowest BCUT2D eigenvalue weighted by molar-refractivity contribution is 0.0921. The Hall–Kier alpha value is -1.94. The van der Waals surface area contributed by atoms with E-state index in [1.807, 2.05) is 37.4 Å². The first-order valence-corrected chi connectivity index (χ1v) is 7.60. The zero-order valence-corrected chi connectivity index (χ0v) is 12.3. The lowest BCUT2D eigenvalue weighted by Gasteiger charge is -2.28. The van der Waals surface area contributed by atoms with E-state index in [0.29, 0.717) is 11.7 Å². The molecule has 1 fully saturated rings. The largest absolute Gasteiger partial charge is 0.348 e. The Labute approximate surface area is 125 Å². The van der Waals surface area contributed by atoms with Crippen LogP contribution < -0.4 is 10.6 Å². The first-order valence-electron chi connectivity index (χ1n) is 7.60. The minimum absolute atomic E-state index is 0.0558.